The van der Waals surface area contributed by atoms with Gasteiger partial charge in [-0.2, -0.15) is 0 Å². The third-order valence-corrected chi connectivity index (χ3v) is 9.99. The SMILES string of the molecule is CO/N=C(\CCC(=O)O)c1nc2ccccc2n(C2CC3CCCC(C2)N3C2CC3CC(C)CC(C3)C2)c1=O. The normalized spacial score (nSPS) is 33.2. The molecule has 2 saturated heterocycles. The van der Waals surface area contributed by atoms with Gasteiger partial charge < -0.3 is 14.5 Å². The molecular formula is C31H42N4O4. The molecule has 2 aromatic rings. The Morgan fingerprint density at radius 2 is 1.67 bits per heavy atom. The first kappa shape index (κ1) is 26.5. The number of para-hydroxylation sites is 2. The van der Waals surface area contributed by atoms with Gasteiger partial charge in [0.2, 0.25) is 0 Å². The number of hydrogen-bond donors (Lipinski definition) is 1. The van der Waals surface area contributed by atoms with Crippen molar-refractivity contribution < 1.29 is 14.7 Å². The number of carboxylic acids is 1. The van der Waals surface area contributed by atoms with Gasteiger partial charge in [-0.15, -0.1) is 0 Å². The van der Waals surface area contributed by atoms with Crippen molar-refractivity contribution in [3.8, 4) is 0 Å². The lowest BCUT2D eigenvalue weighted by molar-refractivity contribution is -0.136. The van der Waals surface area contributed by atoms with Gasteiger partial charge in [0.25, 0.3) is 5.56 Å². The fourth-order valence-electron chi connectivity index (χ4n) is 8.84. The van der Waals surface area contributed by atoms with Crippen LogP contribution in [0.25, 0.3) is 11.0 Å². The van der Waals surface area contributed by atoms with E-state index in [1.807, 2.05) is 28.8 Å². The predicted molar refractivity (Wildman–Crippen MR) is 151 cm³/mol. The fourth-order valence-corrected chi connectivity index (χ4v) is 8.84. The number of benzene rings is 1. The standard InChI is InChI=1S/C31H42N4O4/c1-19-12-20-14-21(13-19)16-24(15-20)34-22-6-5-7-23(34)18-25(17-22)35-28-9-4-3-8-26(28)32-30(31(35)38)27(33-39-2)10-11-29(36)37/h3-4,8-9,19-25H,5-7,10-18H2,1-2H3,(H,36,37)/b33-27+. The molecule has 8 heteroatoms. The van der Waals surface area contributed by atoms with Crippen LogP contribution >= 0.6 is 0 Å². The third kappa shape index (κ3) is 5.24. The third-order valence-electron chi connectivity index (χ3n) is 9.99. The van der Waals surface area contributed by atoms with Crippen LogP contribution in [0.5, 0.6) is 0 Å². The van der Waals surface area contributed by atoms with Gasteiger partial charge in [0.1, 0.15) is 12.8 Å². The van der Waals surface area contributed by atoms with Crippen molar-refractivity contribution in [2.24, 2.45) is 22.9 Å². The molecule has 0 spiro atoms. The second kappa shape index (κ2) is 11.0. The number of hydrogen-bond acceptors (Lipinski definition) is 6. The van der Waals surface area contributed by atoms with E-state index in [9.17, 15) is 14.7 Å². The van der Waals surface area contributed by atoms with E-state index >= 15 is 0 Å². The Balaban J connectivity index is 1.33. The maximum Gasteiger partial charge on any atom is 0.303 e. The monoisotopic (exact) mass is 534 g/mol. The summed E-state index contributed by atoms with van der Waals surface area (Å²) in [7, 11) is 1.41. The summed E-state index contributed by atoms with van der Waals surface area (Å²) in [5, 5.41) is 13.3. The summed E-state index contributed by atoms with van der Waals surface area (Å²) in [6.45, 7) is 2.44. The summed E-state index contributed by atoms with van der Waals surface area (Å²) in [6, 6.07) is 9.59. The number of nitrogens with zero attached hydrogens (tertiary/aromatic N) is 4. The minimum absolute atomic E-state index is 0.0853. The number of aromatic nitrogens is 2. The number of carboxylic acid groups (broad SMARTS) is 1. The molecule has 2 saturated carbocycles. The van der Waals surface area contributed by atoms with Crippen molar-refractivity contribution in [2.75, 3.05) is 7.11 Å². The summed E-state index contributed by atoms with van der Waals surface area (Å²) in [5.41, 5.74) is 1.89. The fraction of sp³-hybridized carbons (Fsp3) is 0.677. The molecule has 6 rings (SSSR count). The molecule has 2 aliphatic carbocycles. The minimum atomic E-state index is -0.943. The van der Waals surface area contributed by atoms with Crippen LogP contribution in [0.15, 0.2) is 34.2 Å². The van der Waals surface area contributed by atoms with Crippen LogP contribution in [-0.4, -0.2) is 56.5 Å². The molecule has 0 radical (unpaired) electrons. The van der Waals surface area contributed by atoms with E-state index in [4.69, 9.17) is 4.84 Å². The molecule has 1 aromatic carbocycles. The second-order valence-electron chi connectivity index (χ2n) is 12.7. The smallest absolute Gasteiger partial charge is 0.303 e. The van der Waals surface area contributed by atoms with Crippen LogP contribution in [0.2, 0.25) is 0 Å². The molecule has 4 atom stereocenters. The topological polar surface area (TPSA) is 97.0 Å². The molecule has 1 N–H and O–H groups in total. The van der Waals surface area contributed by atoms with Crippen molar-refractivity contribution in [1.82, 2.24) is 14.5 Å². The lowest BCUT2D eigenvalue weighted by atomic mass is 9.65. The average molecular weight is 535 g/mol. The number of oxime groups is 1. The molecule has 2 aliphatic heterocycles. The van der Waals surface area contributed by atoms with Crippen molar-refractivity contribution in [1.29, 1.82) is 0 Å². The molecule has 8 nitrogen and oxygen atoms in total. The van der Waals surface area contributed by atoms with Crippen LogP contribution in [0.1, 0.15) is 95.7 Å². The van der Waals surface area contributed by atoms with E-state index in [1.54, 1.807) is 0 Å². The molecule has 4 unspecified atom stereocenters. The highest BCUT2D eigenvalue weighted by molar-refractivity contribution is 6.00. The molecule has 4 aliphatic rings. The molecule has 3 heterocycles. The number of carbonyl (C=O) groups is 1. The predicted octanol–water partition coefficient (Wildman–Crippen LogP) is 5.38. The summed E-state index contributed by atoms with van der Waals surface area (Å²) in [5.74, 6) is 1.70. The highest BCUT2D eigenvalue weighted by Gasteiger charge is 2.46. The average Bonchev–Trinajstić information content (AvgIpc) is 2.89. The number of piperidine rings is 2. The maximum absolute atomic E-state index is 14.1. The van der Waals surface area contributed by atoms with Gasteiger partial charge in [-0.05, 0) is 87.7 Å². The van der Waals surface area contributed by atoms with E-state index in [2.05, 4.69) is 22.0 Å². The lowest BCUT2D eigenvalue weighted by Crippen LogP contribution is -2.59. The molecule has 0 amide bonds. The van der Waals surface area contributed by atoms with Gasteiger partial charge in [0, 0.05) is 30.6 Å². The van der Waals surface area contributed by atoms with Crippen LogP contribution in [0.4, 0.5) is 0 Å². The second-order valence-corrected chi connectivity index (χ2v) is 12.7. The summed E-state index contributed by atoms with van der Waals surface area (Å²) in [4.78, 5) is 38.0. The highest BCUT2D eigenvalue weighted by atomic mass is 16.6. The molecule has 4 fully saturated rings. The van der Waals surface area contributed by atoms with Gasteiger partial charge in [-0.25, -0.2) is 4.98 Å². The van der Waals surface area contributed by atoms with Crippen LogP contribution in [0.3, 0.4) is 0 Å². The Kier molecular flexibility index (Phi) is 7.49. The maximum atomic E-state index is 14.1. The zero-order valence-electron chi connectivity index (χ0n) is 23.3. The van der Waals surface area contributed by atoms with Crippen molar-refractivity contribution in [3.05, 3.63) is 40.3 Å². The minimum Gasteiger partial charge on any atom is -0.481 e. The van der Waals surface area contributed by atoms with Gasteiger partial charge in [0.15, 0.2) is 5.69 Å². The van der Waals surface area contributed by atoms with E-state index in [1.165, 1.54) is 58.5 Å². The summed E-state index contributed by atoms with van der Waals surface area (Å²) in [6.07, 6.45) is 12.5. The lowest BCUT2D eigenvalue weighted by Gasteiger charge is -2.55. The first-order chi connectivity index (χ1) is 18.9. The molecular weight excluding hydrogens is 492 g/mol. The van der Waals surface area contributed by atoms with E-state index in [0.717, 1.165) is 41.6 Å². The van der Waals surface area contributed by atoms with Gasteiger partial charge in [0.05, 0.1) is 17.5 Å². The van der Waals surface area contributed by atoms with Crippen molar-refractivity contribution in [3.63, 3.8) is 0 Å². The molecule has 39 heavy (non-hydrogen) atoms. The van der Waals surface area contributed by atoms with Crippen LogP contribution < -0.4 is 5.56 Å². The van der Waals surface area contributed by atoms with Crippen molar-refractivity contribution in [2.45, 2.75) is 108 Å². The van der Waals surface area contributed by atoms with E-state index < -0.39 is 5.97 Å². The Bertz CT molecular complexity index is 1270. The van der Waals surface area contributed by atoms with Gasteiger partial charge in [-0.1, -0.05) is 30.6 Å². The zero-order chi connectivity index (χ0) is 27.1. The number of rotatable bonds is 7. The van der Waals surface area contributed by atoms with E-state index in [0.29, 0.717) is 23.8 Å². The Morgan fingerprint density at radius 3 is 2.33 bits per heavy atom. The molecule has 210 valence electrons. The number of aliphatic carboxylic acids is 1. The van der Waals surface area contributed by atoms with Crippen LogP contribution in [0, 0.1) is 17.8 Å². The number of fused-ring (bicyclic) bond motifs is 5. The van der Waals surface area contributed by atoms with Crippen molar-refractivity contribution >= 4 is 22.7 Å². The Hall–Kier alpha value is -2.74. The Labute approximate surface area is 230 Å². The van der Waals surface area contributed by atoms with Gasteiger partial charge in [-0.3, -0.25) is 14.5 Å². The van der Waals surface area contributed by atoms with E-state index in [-0.39, 0.29) is 30.1 Å². The van der Waals surface area contributed by atoms with Crippen LogP contribution in [-0.2, 0) is 9.63 Å². The quantitative estimate of drug-likeness (QED) is 0.378. The zero-order valence-corrected chi connectivity index (χ0v) is 23.3. The summed E-state index contributed by atoms with van der Waals surface area (Å²) >= 11 is 0. The largest absolute Gasteiger partial charge is 0.481 e. The first-order valence-corrected chi connectivity index (χ1v) is 15.0. The first-order valence-electron chi connectivity index (χ1n) is 15.0. The van der Waals surface area contributed by atoms with Gasteiger partial charge >= 0.3 is 5.97 Å². The Morgan fingerprint density at radius 1 is 0.974 bits per heavy atom. The summed E-state index contributed by atoms with van der Waals surface area (Å²) < 4.78 is 1.96. The molecule has 1 aromatic heterocycles. The molecule has 4 bridgehead atoms. The highest BCUT2D eigenvalue weighted by Crippen LogP contribution is 2.48.